The normalized spacial score (nSPS) is 48.7. The first-order valence-corrected chi connectivity index (χ1v) is 4.85. The van der Waals surface area contributed by atoms with Crippen molar-refractivity contribution in [3.63, 3.8) is 0 Å². The number of fused-ring (bicyclic) bond motifs is 1. The number of ether oxygens (including phenoxy) is 1. The molecular formula is C8H11BrO2. The molecule has 0 radical (unpaired) electrons. The minimum absolute atomic E-state index is 0.261. The van der Waals surface area contributed by atoms with Gasteiger partial charge in [0.15, 0.2) is 0 Å². The third-order valence-corrected chi connectivity index (χ3v) is 4.19. The molecule has 2 aliphatic carbocycles. The topological polar surface area (TPSA) is 26.3 Å². The molecule has 0 bridgehead atoms. The standard InChI is InChI=1S/C8H11BrO2/c1-11-7-3-4-5(8(7)9)2-6(4)10/h4-5,7-8H,2-3H2,1H3/t4?,5?,7-,8-/m0/s1. The summed E-state index contributed by atoms with van der Waals surface area (Å²) in [5.74, 6) is 1.30. The third-order valence-electron chi connectivity index (χ3n) is 2.92. The van der Waals surface area contributed by atoms with Crippen molar-refractivity contribution in [3.05, 3.63) is 0 Å². The van der Waals surface area contributed by atoms with E-state index in [4.69, 9.17) is 4.74 Å². The van der Waals surface area contributed by atoms with E-state index in [1.54, 1.807) is 7.11 Å². The molecule has 2 saturated carbocycles. The zero-order chi connectivity index (χ0) is 8.01. The van der Waals surface area contributed by atoms with Crippen molar-refractivity contribution in [2.24, 2.45) is 11.8 Å². The van der Waals surface area contributed by atoms with Crippen molar-refractivity contribution in [3.8, 4) is 0 Å². The first kappa shape index (κ1) is 7.74. The average molecular weight is 219 g/mol. The predicted octanol–water partition coefficient (Wildman–Crippen LogP) is 1.37. The van der Waals surface area contributed by atoms with E-state index in [1.807, 2.05) is 0 Å². The molecule has 2 nitrogen and oxygen atoms in total. The summed E-state index contributed by atoms with van der Waals surface area (Å²) >= 11 is 3.57. The number of rotatable bonds is 1. The number of hydrogen-bond acceptors (Lipinski definition) is 2. The Bertz CT molecular complexity index is 193. The van der Waals surface area contributed by atoms with Crippen LogP contribution in [-0.2, 0) is 9.53 Å². The zero-order valence-corrected chi connectivity index (χ0v) is 8.00. The van der Waals surface area contributed by atoms with Crippen molar-refractivity contribution in [1.82, 2.24) is 0 Å². The number of alkyl halides is 1. The summed E-state index contributed by atoms with van der Waals surface area (Å²) in [7, 11) is 1.72. The number of Topliss-reactive ketones (excluding diaryl/α,β-unsaturated/α-hetero) is 1. The van der Waals surface area contributed by atoms with E-state index in [2.05, 4.69) is 15.9 Å². The highest BCUT2D eigenvalue weighted by Crippen LogP contribution is 2.48. The van der Waals surface area contributed by atoms with Crippen LogP contribution in [0.4, 0.5) is 0 Å². The molecule has 2 unspecified atom stereocenters. The van der Waals surface area contributed by atoms with Gasteiger partial charge in [0, 0.05) is 24.3 Å². The smallest absolute Gasteiger partial charge is 0.136 e. The Labute approximate surface area is 74.4 Å². The molecule has 0 N–H and O–H groups in total. The molecule has 2 aliphatic rings. The second-order valence-electron chi connectivity index (χ2n) is 3.40. The summed E-state index contributed by atoms with van der Waals surface area (Å²) in [6, 6.07) is 0. The number of halogens is 1. The van der Waals surface area contributed by atoms with Crippen molar-refractivity contribution < 1.29 is 9.53 Å². The Hall–Kier alpha value is 0.110. The van der Waals surface area contributed by atoms with Crippen LogP contribution in [0.15, 0.2) is 0 Å². The van der Waals surface area contributed by atoms with Crippen LogP contribution in [0.3, 0.4) is 0 Å². The molecule has 2 rings (SSSR count). The fourth-order valence-electron chi connectivity index (χ4n) is 2.13. The van der Waals surface area contributed by atoms with Gasteiger partial charge in [-0.15, -0.1) is 0 Å². The van der Waals surface area contributed by atoms with Gasteiger partial charge in [-0.1, -0.05) is 15.9 Å². The molecule has 62 valence electrons. The first-order valence-electron chi connectivity index (χ1n) is 3.93. The van der Waals surface area contributed by atoms with Gasteiger partial charge in [0.25, 0.3) is 0 Å². The number of ketones is 1. The third kappa shape index (κ3) is 0.975. The zero-order valence-electron chi connectivity index (χ0n) is 6.42. The SMILES string of the molecule is CO[C@H]1CC2C(=O)CC2[C@@H]1Br. The van der Waals surface area contributed by atoms with Gasteiger partial charge in [0.2, 0.25) is 0 Å². The van der Waals surface area contributed by atoms with Gasteiger partial charge in [-0.25, -0.2) is 0 Å². The molecule has 11 heavy (non-hydrogen) atoms. The summed E-state index contributed by atoms with van der Waals surface area (Å²) in [6.45, 7) is 0. The van der Waals surface area contributed by atoms with E-state index < -0.39 is 0 Å². The van der Waals surface area contributed by atoms with Crippen molar-refractivity contribution >= 4 is 21.7 Å². The largest absolute Gasteiger partial charge is 0.380 e. The van der Waals surface area contributed by atoms with Crippen LogP contribution < -0.4 is 0 Å². The number of methoxy groups -OCH3 is 1. The van der Waals surface area contributed by atoms with Gasteiger partial charge < -0.3 is 4.74 Å². The Morgan fingerprint density at radius 1 is 1.64 bits per heavy atom. The monoisotopic (exact) mass is 218 g/mol. The highest BCUT2D eigenvalue weighted by molar-refractivity contribution is 9.09. The molecule has 0 spiro atoms. The Morgan fingerprint density at radius 3 is 2.82 bits per heavy atom. The van der Waals surface area contributed by atoms with E-state index in [0.29, 0.717) is 22.4 Å². The summed E-state index contributed by atoms with van der Waals surface area (Å²) in [6.07, 6.45) is 1.95. The van der Waals surface area contributed by atoms with E-state index in [9.17, 15) is 4.79 Å². The lowest BCUT2D eigenvalue weighted by atomic mass is 9.75. The van der Waals surface area contributed by atoms with E-state index in [1.165, 1.54) is 0 Å². The van der Waals surface area contributed by atoms with Gasteiger partial charge in [-0.3, -0.25) is 4.79 Å². The number of carbonyl (C=O) groups is 1. The van der Waals surface area contributed by atoms with Crippen LogP contribution in [0, 0.1) is 11.8 Å². The maximum atomic E-state index is 11.0. The van der Waals surface area contributed by atoms with Crippen molar-refractivity contribution in [1.29, 1.82) is 0 Å². The van der Waals surface area contributed by atoms with Crippen LogP contribution in [0.25, 0.3) is 0 Å². The van der Waals surface area contributed by atoms with Crippen LogP contribution in [0.5, 0.6) is 0 Å². The quantitative estimate of drug-likeness (QED) is 0.622. The van der Waals surface area contributed by atoms with Crippen LogP contribution in [-0.4, -0.2) is 23.8 Å². The van der Waals surface area contributed by atoms with Crippen LogP contribution in [0.2, 0.25) is 0 Å². The second-order valence-corrected chi connectivity index (χ2v) is 4.45. The summed E-state index contributed by atoms with van der Waals surface area (Å²) < 4.78 is 5.25. The number of hydrogen-bond donors (Lipinski definition) is 0. The Morgan fingerprint density at radius 2 is 2.36 bits per heavy atom. The van der Waals surface area contributed by atoms with Crippen LogP contribution >= 0.6 is 15.9 Å². The minimum atomic E-state index is 0.261. The lowest BCUT2D eigenvalue weighted by Crippen LogP contribution is -2.36. The average Bonchev–Trinajstić information content (AvgIpc) is 2.24. The minimum Gasteiger partial charge on any atom is -0.380 e. The molecule has 2 fully saturated rings. The van der Waals surface area contributed by atoms with Gasteiger partial charge in [0.05, 0.1) is 6.10 Å². The molecule has 0 aromatic rings. The molecule has 0 amide bonds. The fourth-order valence-corrected chi connectivity index (χ4v) is 3.11. The lowest BCUT2D eigenvalue weighted by Gasteiger charge is -2.29. The summed E-state index contributed by atoms with van der Waals surface area (Å²) in [4.78, 5) is 11.5. The predicted molar refractivity (Wildman–Crippen MR) is 44.7 cm³/mol. The van der Waals surface area contributed by atoms with Gasteiger partial charge in [-0.2, -0.15) is 0 Å². The number of carbonyl (C=O) groups excluding carboxylic acids is 1. The maximum absolute atomic E-state index is 11.0. The molecular weight excluding hydrogens is 208 g/mol. The van der Waals surface area contributed by atoms with E-state index in [-0.39, 0.29) is 6.10 Å². The van der Waals surface area contributed by atoms with Crippen molar-refractivity contribution in [2.45, 2.75) is 23.8 Å². The fraction of sp³-hybridized carbons (Fsp3) is 0.875. The maximum Gasteiger partial charge on any atom is 0.136 e. The van der Waals surface area contributed by atoms with Gasteiger partial charge in [-0.05, 0) is 12.3 Å². The van der Waals surface area contributed by atoms with E-state index >= 15 is 0 Å². The van der Waals surface area contributed by atoms with E-state index in [0.717, 1.165) is 12.8 Å². The van der Waals surface area contributed by atoms with Crippen LogP contribution in [0.1, 0.15) is 12.8 Å². The van der Waals surface area contributed by atoms with Crippen molar-refractivity contribution in [2.75, 3.05) is 7.11 Å². The molecule has 0 aromatic heterocycles. The summed E-state index contributed by atoms with van der Waals surface area (Å²) in [5.41, 5.74) is 0. The van der Waals surface area contributed by atoms with Gasteiger partial charge in [0.1, 0.15) is 5.78 Å². The molecule has 4 atom stereocenters. The highest BCUT2D eigenvalue weighted by atomic mass is 79.9. The van der Waals surface area contributed by atoms with Gasteiger partial charge >= 0.3 is 0 Å². The lowest BCUT2D eigenvalue weighted by molar-refractivity contribution is -0.132. The molecule has 0 saturated heterocycles. The molecule has 0 aromatic carbocycles. The molecule has 3 heteroatoms. The Kier molecular flexibility index (Phi) is 1.80. The Balaban J connectivity index is 2.08. The first-order chi connectivity index (χ1) is 5.24. The second kappa shape index (κ2) is 2.56. The highest BCUT2D eigenvalue weighted by Gasteiger charge is 2.52. The summed E-state index contributed by atoms with van der Waals surface area (Å²) in [5, 5.41) is 0. The molecule has 0 aliphatic heterocycles. The molecule has 0 heterocycles.